The monoisotopic (exact) mass is 451 g/mol. The zero-order chi connectivity index (χ0) is 22.7. The molecule has 4 rings (SSSR count). The molecule has 32 heavy (non-hydrogen) atoms. The summed E-state index contributed by atoms with van der Waals surface area (Å²) in [6.07, 6.45) is 2.05. The Morgan fingerprint density at radius 3 is 2.47 bits per heavy atom. The third-order valence-electron chi connectivity index (χ3n) is 6.19. The van der Waals surface area contributed by atoms with Crippen LogP contribution in [0, 0.1) is 12.8 Å². The lowest BCUT2D eigenvalue weighted by atomic mass is 9.94. The Morgan fingerprint density at radius 2 is 1.75 bits per heavy atom. The van der Waals surface area contributed by atoms with Gasteiger partial charge < -0.3 is 10.6 Å². The quantitative estimate of drug-likeness (QED) is 0.527. The molecule has 1 aliphatic rings. The Balaban J connectivity index is 1.64. The molecule has 1 aliphatic heterocycles. The molecule has 0 spiro atoms. The van der Waals surface area contributed by atoms with E-state index in [4.69, 9.17) is 0 Å². The summed E-state index contributed by atoms with van der Waals surface area (Å²) in [6.45, 7) is 5.61. The number of amides is 1. The highest BCUT2D eigenvalue weighted by atomic mass is 32.2. The first-order valence-electron chi connectivity index (χ1n) is 11.0. The van der Waals surface area contributed by atoms with Crippen LogP contribution in [0.25, 0.3) is 10.8 Å². The number of hydrogen-bond donors (Lipinski definition) is 3. The summed E-state index contributed by atoms with van der Waals surface area (Å²) in [7, 11) is -3.73. The molecular weight excluding hydrogens is 422 g/mol. The maximum Gasteiger partial charge on any atom is 0.255 e. The minimum absolute atomic E-state index is 0.174. The van der Waals surface area contributed by atoms with Gasteiger partial charge in [-0.05, 0) is 69.5 Å². The van der Waals surface area contributed by atoms with Crippen LogP contribution >= 0.6 is 0 Å². The Morgan fingerprint density at radius 1 is 1.03 bits per heavy atom. The number of nitrogens with one attached hydrogen (secondary N) is 3. The van der Waals surface area contributed by atoms with Crippen LogP contribution in [-0.4, -0.2) is 33.5 Å². The van der Waals surface area contributed by atoms with Gasteiger partial charge in [0.2, 0.25) is 10.0 Å². The lowest BCUT2D eigenvalue weighted by molar-refractivity contribution is 0.102. The summed E-state index contributed by atoms with van der Waals surface area (Å²) in [5, 5.41) is 7.55. The molecule has 0 bridgehead atoms. The van der Waals surface area contributed by atoms with E-state index in [0.717, 1.165) is 31.5 Å². The number of piperidine rings is 1. The highest BCUT2D eigenvalue weighted by Crippen LogP contribution is 2.30. The van der Waals surface area contributed by atoms with Crippen LogP contribution < -0.4 is 15.4 Å². The SMILES string of the molecule is Cc1ccccc1C(=O)Nc1ccc(S(=O)(=O)NC(C)C2CCCNC2)c2ccccc12. The van der Waals surface area contributed by atoms with Crippen molar-refractivity contribution >= 4 is 32.4 Å². The molecule has 1 heterocycles. The lowest BCUT2D eigenvalue weighted by Gasteiger charge is -2.29. The molecule has 1 amide bonds. The molecule has 0 radical (unpaired) electrons. The van der Waals surface area contributed by atoms with Crippen molar-refractivity contribution in [3.63, 3.8) is 0 Å². The van der Waals surface area contributed by atoms with Gasteiger partial charge in [0.25, 0.3) is 5.91 Å². The third kappa shape index (κ3) is 4.70. The van der Waals surface area contributed by atoms with Gasteiger partial charge in [-0.25, -0.2) is 13.1 Å². The van der Waals surface area contributed by atoms with Gasteiger partial charge in [0, 0.05) is 28.1 Å². The predicted molar refractivity (Wildman–Crippen MR) is 128 cm³/mol. The highest BCUT2D eigenvalue weighted by molar-refractivity contribution is 7.89. The summed E-state index contributed by atoms with van der Waals surface area (Å²) in [6, 6.07) is 17.7. The zero-order valence-corrected chi connectivity index (χ0v) is 19.2. The average molecular weight is 452 g/mol. The first-order chi connectivity index (χ1) is 15.4. The van der Waals surface area contributed by atoms with E-state index in [-0.39, 0.29) is 22.8 Å². The van der Waals surface area contributed by atoms with Gasteiger partial charge in [0.1, 0.15) is 0 Å². The van der Waals surface area contributed by atoms with Gasteiger partial charge in [0.15, 0.2) is 0 Å². The van der Waals surface area contributed by atoms with E-state index in [1.165, 1.54) is 0 Å². The molecular formula is C25H29N3O3S. The highest BCUT2D eigenvalue weighted by Gasteiger charge is 2.26. The summed E-state index contributed by atoms with van der Waals surface area (Å²) in [5.74, 6) is 0.0397. The molecule has 2 unspecified atom stereocenters. The van der Waals surface area contributed by atoms with Crippen molar-refractivity contribution in [1.82, 2.24) is 10.0 Å². The second-order valence-corrected chi connectivity index (χ2v) is 10.1. The first-order valence-corrected chi connectivity index (χ1v) is 12.5. The van der Waals surface area contributed by atoms with Gasteiger partial charge in [-0.2, -0.15) is 0 Å². The number of carbonyl (C=O) groups excluding carboxylic acids is 1. The molecule has 1 saturated heterocycles. The summed E-state index contributed by atoms with van der Waals surface area (Å²) < 4.78 is 29.4. The number of hydrogen-bond acceptors (Lipinski definition) is 4. The summed E-state index contributed by atoms with van der Waals surface area (Å²) in [5.41, 5.74) is 2.05. The molecule has 3 N–H and O–H groups in total. The lowest BCUT2D eigenvalue weighted by Crippen LogP contribution is -2.44. The maximum atomic E-state index is 13.3. The van der Waals surface area contributed by atoms with E-state index >= 15 is 0 Å². The topological polar surface area (TPSA) is 87.3 Å². The van der Waals surface area contributed by atoms with Crippen molar-refractivity contribution in [3.05, 3.63) is 71.8 Å². The van der Waals surface area contributed by atoms with Gasteiger partial charge in [-0.15, -0.1) is 0 Å². The Kier molecular flexibility index (Phi) is 6.60. The fourth-order valence-electron chi connectivity index (χ4n) is 4.34. The smallest absolute Gasteiger partial charge is 0.255 e. The summed E-state index contributed by atoms with van der Waals surface area (Å²) >= 11 is 0. The van der Waals surface area contributed by atoms with Crippen LogP contribution in [0.5, 0.6) is 0 Å². The Bertz CT molecular complexity index is 1230. The molecule has 0 aliphatic carbocycles. The Labute approximate surface area is 189 Å². The zero-order valence-electron chi connectivity index (χ0n) is 18.4. The fraction of sp³-hybridized carbons (Fsp3) is 0.320. The number of benzene rings is 3. The van der Waals surface area contributed by atoms with Crippen molar-refractivity contribution in [2.45, 2.75) is 37.6 Å². The molecule has 2 atom stereocenters. The molecule has 168 valence electrons. The van der Waals surface area contributed by atoms with E-state index < -0.39 is 10.0 Å². The van der Waals surface area contributed by atoms with E-state index in [2.05, 4.69) is 15.4 Å². The van der Waals surface area contributed by atoms with Crippen LogP contribution in [-0.2, 0) is 10.0 Å². The molecule has 0 saturated carbocycles. The van der Waals surface area contributed by atoms with Crippen molar-refractivity contribution < 1.29 is 13.2 Å². The van der Waals surface area contributed by atoms with E-state index in [1.54, 1.807) is 24.3 Å². The first kappa shape index (κ1) is 22.5. The molecule has 1 fully saturated rings. The minimum atomic E-state index is -3.73. The minimum Gasteiger partial charge on any atom is -0.321 e. The molecule has 0 aromatic heterocycles. The second kappa shape index (κ2) is 9.40. The van der Waals surface area contributed by atoms with Crippen molar-refractivity contribution in [2.24, 2.45) is 5.92 Å². The number of aryl methyl sites for hydroxylation is 1. The van der Waals surface area contributed by atoms with Crippen LogP contribution in [0.3, 0.4) is 0 Å². The summed E-state index contributed by atoms with van der Waals surface area (Å²) in [4.78, 5) is 13.1. The average Bonchev–Trinajstić information content (AvgIpc) is 2.79. The molecule has 6 nitrogen and oxygen atoms in total. The normalized spacial score (nSPS) is 17.8. The van der Waals surface area contributed by atoms with Crippen molar-refractivity contribution in [2.75, 3.05) is 18.4 Å². The van der Waals surface area contributed by atoms with Crippen LogP contribution in [0.1, 0.15) is 35.7 Å². The molecule has 7 heteroatoms. The number of fused-ring (bicyclic) bond motifs is 1. The standard InChI is InChI=1S/C25H29N3O3S/c1-17-8-3-4-10-20(17)25(29)27-23-13-14-24(22-12-6-5-11-21(22)23)32(30,31)28-18(2)19-9-7-15-26-16-19/h3-6,8,10-14,18-19,26,28H,7,9,15-16H2,1-2H3,(H,27,29). The molecule has 3 aromatic carbocycles. The van der Waals surface area contributed by atoms with E-state index in [9.17, 15) is 13.2 Å². The van der Waals surface area contributed by atoms with Gasteiger partial charge in [-0.1, -0.05) is 42.5 Å². The van der Waals surface area contributed by atoms with E-state index in [1.807, 2.05) is 50.2 Å². The van der Waals surface area contributed by atoms with Gasteiger partial charge in [-0.3, -0.25) is 4.79 Å². The fourth-order valence-corrected chi connectivity index (χ4v) is 5.87. The number of rotatable bonds is 6. The van der Waals surface area contributed by atoms with Crippen LogP contribution in [0.15, 0.2) is 65.6 Å². The maximum absolute atomic E-state index is 13.3. The third-order valence-corrected chi connectivity index (χ3v) is 7.81. The largest absolute Gasteiger partial charge is 0.321 e. The Hall–Kier alpha value is -2.74. The van der Waals surface area contributed by atoms with E-state index in [0.29, 0.717) is 22.0 Å². The number of sulfonamides is 1. The van der Waals surface area contributed by atoms with Crippen molar-refractivity contribution in [3.8, 4) is 0 Å². The predicted octanol–water partition coefficient (Wildman–Crippen LogP) is 4.07. The number of carbonyl (C=O) groups is 1. The molecule has 3 aromatic rings. The van der Waals surface area contributed by atoms with Crippen LogP contribution in [0.2, 0.25) is 0 Å². The van der Waals surface area contributed by atoms with Gasteiger partial charge >= 0.3 is 0 Å². The number of anilines is 1. The second-order valence-electron chi connectivity index (χ2n) is 8.44. The van der Waals surface area contributed by atoms with Crippen LogP contribution in [0.4, 0.5) is 5.69 Å². The van der Waals surface area contributed by atoms with Gasteiger partial charge in [0.05, 0.1) is 4.90 Å². The van der Waals surface area contributed by atoms with Crippen molar-refractivity contribution in [1.29, 1.82) is 0 Å².